The topological polar surface area (TPSA) is 56.7 Å². The molecule has 1 atom stereocenters. The number of imidazole rings is 1. The molecule has 2 N–H and O–H groups in total. The van der Waals surface area contributed by atoms with Gasteiger partial charge in [0.15, 0.2) is 0 Å². The Morgan fingerprint density at radius 3 is 2.83 bits per heavy atom. The van der Waals surface area contributed by atoms with Crippen LogP contribution in [0, 0.1) is 0 Å². The van der Waals surface area contributed by atoms with Gasteiger partial charge >= 0.3 is 0 Å². The number of nitrogens with zero attached hydrogens (tertiary/aromatic N) is 3. The van der Waals surface area contributed by atoms with Crippen molar-refractivity contribution in [2.24, 2.45) is 5.73 Å². The fourth-order valence-electron chi connectivity index (χ4n) is 1.99. The number of benzene rings is 1. The third kappa shape index (κ3) is 1.76. The van der Waals surface area contributed by atoms with Gasteiger partial charge in [0.25, 0.3) is 0 Å². The number of hydrogen-bond donors (Lipinski definition) is 1. The fourth-order valence-corrected chi connectivity index (χ4v) is 1.99. The lowest BCUT2D eigenvalue weighted by molar-refractivity contribution is 0.811. The van der Waals surface area contributed by atoms with Crippen LogP contribution in [0.5, 0.6) is 0 Å². The second-order valence-electron chi connectivity index (χ2n) is 4.34. The Labute approximate surface area is 105 Å². The smallest absolute Gasteiger partial charge is 0.138 e. The summed E-state index contributed by atoms with van der Waals surface area (Å²) >= 11 is 0. The minimum atomic E-state index is 0.00142. The molecule has 0 aliphatic carbocycles. The van der Waals surface area contributed by atoms with Crippen molar-refractivity contribution < 1.29 is 0 Å². The molecule has 4 nitrogen and oxygen atoms in total. The van der Waals surface area contributed by atoms with E-state index in [0.717, 1.165) is 22.4 Å². The first-order valence-corrected chi connectivity index (χ1v) is 5.90. The molecule has 0 fully saturated rings. The molecule has 90 valence electrons. The second-order valence-corrected chi connectivity index (χ2v) is 4.34. The van der Waals surface area contributed by atoms with E-state index in [1.54, 1.807) is 12.5 Å². The van der Waals surface area contributed by atoms with Gasteiger partial charge < -0.3 is 5.73 Å². The molecule has 3 rings (SSSR count). The summed E-state index contributed by atoms with van der Waals surface area (Å²) in [6.45, 7) is 1.96. The van der Waals surface area contributed by atoms with E-state index in [1.807, 2.05) is 47.9 Å². The van der Waals surface area contributed by atoms with Crippen molar-refractivity contribution >= 4 is 11.0 Å². The Balaban J connectivity index is 2.17. The van der Waals surface area contributed by atoms with Crippen molar-refractivity contribution in [1.82, 2.24) is 14.5 Å². The molecule has 0 radical (unpaired) electrons. The number of rotatable bonds is 2. The van der Waals surface area contributed by atoms with Crippen molar-refractivity contribution in [2.45, 2.75) is 13.0 Å². The van der Waals surface area contributed by atoms with Crippen LogP contribution in [0.25, 0.3) is 16.9 Å². The average Bonchev–Trinajstić information content (AvgIpc) is 2.82. The molecule has 0 spiro atoms. The Morgan fingerprint density at radius 2 is 2.00 bits per heavy atom. The predicted molar refractivity (Wildman–Crippen MR) is 71.5 cm³/mol. The third-order valence-electron chi connectivity index (χ3n) is 3.00. The zero-order valence-corrected chi connectivity index (χ0v) is 10.1. The molecule has 3 aromatic rings. The molecule has 1 aromatic carbocycles. The lowest BCUT2D eigenvalue weighted by Crippen LogP contribution is -2.06. The summed E-state index contributed by atoms with van der Waals surface area (Å²) in [6.07, 6.45) is 3.57. The van der Waals surface area contributed by atoms with E-state index in [0.29, 0.717) is 0 Å². The highest BCUT2D eigenvalue weighted by atomic mass is 15.1. The van der Waals surface area contributed by atoms with Crippen LogP contribution in [0.3, 0.4) is 0 Å². The molecule has 0 unspecified atom stereocenters. The van der Waals surface area contributed by atoms with Crippen molar-refractivity contribution in [3.05, 3.63) is 54.5 Å². The summed E-state index contributed by atoms with van der Waals surface area (Å²) in [4.78, 5) is 8.74. The normalized spacial score (nSPS) is 12.8. The molecule has 18 heavy (non-hydrogen) atoms. The molecule has 2 aromatic heterocycles. The summed E-state index contributed by atoms with van der Waals surface area (Å²) in [5.41, 5.74) is 8.97. The average molecular weight is 238 g/mol. The number of nitrogens with two attached hydrogens (primary N) is 1. The highest BCUT2D eigenvalue weighted by Gasteiger charge is 2.06. The molecule has 2 heterocycles. The van der Waals surface area contributed by atoms with E-state index in [1.165, 1.54) is 0 Å². The molecular weight excluding hydrogens is 224 g/mol. The summed E-state index contributed by atoms with van der Waals surface area (Å²) in [6, 6.07) is 11.9. The van der Waals surface area contributed by atoms with Gasteiger partial charge in [0.05, 0.1) is 11.0 Å². The van der Waals surface area contributed by atoms with Gasteiger partial charge in [-0.2, -0.15) is 0 Å². The summed E-state index contributed by atoms with van der Waals surface area (Å²) in [5, 5.41) is 0. The molecule has 0 saturated heterocycles. The van der Waals surface area contributed by atoms with E-state index in [9.17, 15) is 0 Å². The van der Waals surface area contributed by atoms with Crippen LogP contribution in [-0.2, 0) is 0 Å². The number of para-hydroxylation sites is 2. The van der Waals surface area contributed by atoms with E-state index in [2.05, 4.69) is 9.97 Å². The van der Waals surface area contributed by atoms with Crippen LogP contribution in [-0.4, -0.2) is 14.5 Å². The first kappa shape index (κ1) is 10.9. The van der Waals surface area contributed by atoms with Gasteiger partial charge in [0.1, 0.15) is 12.1 Å². The van der Waals surface area contributed by atoms with Gasteiger partial charge in [-0.1, -0.05) is 12.1 Å². The van der Waals surface area contributed by atoms with E-state index >= 15 is 0 Å². The maximum absolute atomic E-state index is 5.90. The van der Waals surface area contributed by atoms with Crippen molar-refractivity contribution in [3.8, 4) is 5.82 Å². The standard InChI is InChI=1S/C14H14N4/c1-10(15)11-6-7-16-14(8-11)18-9-17-12-4-2-3-5-13(12)18/h2-10H,15H2,1H3/t10-/m0/s1. The maximum Gasteiger partial charge on any atom is 0.138 e. The van der Waals surface area contributed by atoms with Crippen molar-refractivity contribution in [2.75, 3.05) is 0 Å². The minimum Gasteiger partial charge on any atom is -0.324 e. The third-order valence-corrected chi connectivity index (χ3v) is 3.00. The monoisotopic (exact) mass is 238 g/mol. The Hall–Kier alpha value is -2.20. The number of aromatic nitrogens is 3. The maximum atomic E-state index is 5.90. The van der Waals surface area contributed by atoms with Crippen LogP contribution < -0.4 is 5.73 Å². The SMILES string of the molecule is C[C@H](N)c1ccnc(-n2cnc3ccccc32)c1. The minimum absolute atomic E-state index is 0.00142. The largest absolute Gasteiger partial charge is 0.324 e. The predicted octanol–water partition coefficient (Wildman–Crippen LogP) is 2.44. The lowest BCUT2D eigenvalue weighted by Gasteiger charge is -2.08. The van der Waals surface area contributed by atoms with E-state index in [4.69, 9.17) is 5.73 Å². The summed E-state index contributed by atoms with van der Waals surface area (Å²) in [5.74, 6) is 0.846. The summed E-state index contributed by atoms with van der Waals surface area (Å²) in [7, 11) is 0. The highest BCUT2D eigenvalue weighted by Crippen LogP contribution is 2.18. The first-order chi connectivity index (χ1) is 8.75. The van der Waals surface area contributed by atoms with Crippen LogP contribution in [0.4, 0.5) is 0 Å². The Bertz CT molecular complexity index is 685. The van der Waals surface area contributed by atoms with Crippen LogP contribution in [0.2, 0.25) is 0 Å². The Kier molecular flexibility index (Phi) is 2.57. The van der Waals surface area contributed by atoms with Gasteiger partial charge in [0, 0.05) is 12.2 Å². The van der Waals surface area contributed by atoms with Crippen LogP contribution in [0.1, 0.15) is 18.5 Å². The molecule has 0 aliphatic rings. The number of fused-ring (bicyclic) bond motifs is 1. The van der Waals surface area contributed by atoms with Gasteiger partial charge in [-0.05, 0) is 36.8 Å². The second kappa shape index (κ2) is 4.23. The zero-order chi connectivity index (χ0) is 12.5. The molecule has 0 bridgehead atoms. The summed E-state index contributed by atoms with van der Waals surface area (Å²) < 4.78 is 1.97. The lowest BCUT2D eigenvalue weighted by atomic mass is 10.1. The van der Waals surface area contributed by atoms with Crippen molar-refractivity contribution in [1.29, 1.82) is 0 Å². The van der Waals surface area contributed by atoms with Gasteiger partial charge in [0.2, 0.25) is 0 Å². The quantitative estimate of drug-likeness (QED) is 0.746. The molecule has 0 saturated carbocycles. The molecule has 0 amide bonds. The van der Waals surface area contributed by atoms with E-state index < -0.39 is 0 Å². The number of pyridine rings is 1. The first-order valence-electron chi connectivity index (χ1n) is 5.90. The highest BCUT2D eigenvalue weighted by molar-refractivity contribution is 5.76. The molecule has 0 aliphatic heterocycles. The van der Waals surface area contributed by atoms with Crippen LogP contribution in [0.15, 0.2) is 48.9 Å². The van der Waals surface area contributed by atoms with E-state index in [-0.39, 0.29) is 6.04 Å². The fraction of sp³-hybridized carbons (Fsp3) is 0.143. The Morgan fingerprint density at radius 1 is 1.17 bits per heavy atom. The van der Waals surface area contributed by atoms with Crippen molar-refractivity contribution in [3.63, 3.8) is 0 Å². The zero-order valence-electron chi connectivity index (χ0n) is 10.1. The van der Waals surface area contributed by atoms with Gasteiger partial charge in [-0.25, -0.2) is 9.97 Å². The number of hydrogen-bond acceptors (Lipinski definition) is 3. The van der Waals surface area contributed by atoms with Gasteiger partial charge in [-0.15, -0.1) is 0 Å². The van der Waals surface area contributed by atoms with Gasteiger partial charge in [-0.3, -0.25) is 4.57 Å². The molecular formula is C14H14N4. The van der Waals surface area contributed by atoms with Crippen LogP contribution >= 0.6 is 0 Å². The molecule has 4 heteroatoms.